The summed E-state index contributed by atoms with van der Waals surface area (Å²) in [5.74, 6) is 0. The highest BCUT2D eigenvalue weighted by atomic mass is 35.5. The summed E-state index contributed by atoms with van der Waals surface area (Å²) >= 11 is 6.04. The molecule has 4 heteroatoms. The third-order valence-corrected chi connectivity index (χ3v) is 5.43. The van der Waals surface area contributed by atoms with E-state index in [0.717, 1.165) is 50.5 Å². The molecule has 1 saturated carbocycles. The van der Waals surface area contributed by atoms with E-state index in [2.05, 4.69) is 11.0 Å². The third kappa shape index (κ3) is 2.98. The Bertz CT molecular complexity index is 483. The van der Waals surface area contributed by atoms with E-state index in [0.29, 0.717) is 0 Å². The Hall–Kier alpha value is -0.610. The minimum Gasteiger partial charge on any atom is -0.392 e. The van der Waals surface area contributed by atoms with Gasteiger partial charge in [-0.3, -0.25) is 4.90 Å². The summed E-state index contributed by atoms with van der Waals surface area (Å²) in [4.78, 5) is 2.45. The predicted octanol–water partition coefficient (Wildman–Crippen LogP) is 3.09. The van der Waals surface area contributed by atoms with Crippen LogP contribution in [0.5, 0.6) is 0 Å². The monoisotopic (exact) mass is 309 g/mol. The largest absolute Gasteiger partial charge is 0.392 e. The first-order valence-electron chi connectivity index (χ1n) is 7.90. The molecule has 2 fully saturated rings. The molecule has 21 heavy (non-hydrogen) atoms. The zero-order chi connectivity index (χ0) is 14.9. The maximum Gasteiger partial charge on any atom is 0.0681 e. The van der Waals surface area contributed by atoms with Gasteiger partial charge < -0.3 is 9.84 Å². The average Bonchev–Trinajstić information content (AvgIpc) is 2.48. The molecule has 1 aromatic carbocycles. The van der Waals surface area contributed by atoms with Gasteiger partial charge in [0, 0.05) is 30.0 Å². The Morgan fingerprint density at radius 2 is 2.14 bits per heavy atom. The van der Waals surface area contributed by atoms with Crippen LogP contribution in [-0.4, -0.2) is 41.9 Å². The van der Waals surface area contributed by atoms with E-state index < -0.39 is 0 Å². The molecular weight excluding hydrogens is 286 g/mol. The lowest BCUT2D eigenvalue weighted by molar-refractivity contribution is -0.209. The second-order valence-electron chi connectivity index (χ2n) is 6.33. The average molecular weight is 310 g/mol. The molecule has 1 spiro atoms. The van der Waals surface area contributed by atoms with Crippen LogP contribution in [0.3, 0.4) is 0 Å². The van der Waals surface area contributed by atoms with Crippen LogP contribution in [0, 0.1) is 5.41 Å². The summed E-state index contributed by atoms with van der Waals surface area (Å²) in [6.07, 6.45) is 2.94. The molecule has 2 unspecified atom stereocenters. The molecule has 1 aliphatic carbocycles. The highest BCUT2D eigenvalue weighted by molar-refractivity contribution is 6.30. The van der Waals surface area contributed by atoms with E-state index >= 15 is 0 Å². The van der Waals surface area contributed by atoms with Crippen LogP contribution < -0.4 is 0 Å². The van der Waals surface area contributed by atoms with Gasteiger partial charge in [0.2, 0.25) is 0 Å². The molecule has 2 atom stereocenters. The van der Waals surface area contributed by atoms with Crippen molar-refractivity contribution >= 4 is 11.6 Å². The molecule has 3 rings (SSSR count). The number of piperidine rings is 1. The van der Waals surface area contributed by atoms with Crippen molar-refractivity contribution in [2.45, 2.75) is 44.9 Å². The number of benzene rings is 1. The Balaban J connectivity index is 1.57. The molecule has 0 aromatic heterocycles. The minimum atomic E-state index is -0.178. The molecule has 1 aromatic rings. The maximum absolute atomic E-state index is 10.2. The highest BCUT2D eigenvalue weighted by Gasteiger charge is 2.55. The van der Waals surface area contributed by atoms with Gasteiger partial charge in [0.15, 0.2) is 0 Å². The standard InChI is InChI=1S/C17H24ClNO2/c1-2-21-16-11-15(20)17(16)6-8-19(9-7-17)12-13-4-3-5-14(18)10-13/h3-5,10,15-16,20H,2,6-9,11-12H2,1H3. The van der Waals surface area contributed by atoms with Gasteiger partial charge in [-0.25, -0.2) is 0 Å². The number of hydrogen-bond donors (Lipinski definition) is 1. The first-order valence-corrected chi connectivity index (χ1v) is 8.28. The first-order chi connectivity index (χ1) is 10.1. The van der Waals surface area contributed by atoms with Gasteiger partial charge in [-0.2, -0.15) is 0 Å². The van der Waals surface area contributed by atoms with Crippen LogP contribution >= 0.6 is 11.6 Å². The Morgan fingerprint density at radius 1 is 1.38 bits per heavy atom. The van der Waals surface area contributed by atoms with Crippen molar-refractivity contribution < 1.29 is 9.84 Å². The van der Waals surface area contributed by atoms with Crippen molar-refractivity contribution in [2.75, 3.05) is 19.7 Å². The number of nitrogens with zero attached hydrogens (tertiary/aromatic N) is 1. The SMILES string of the molecule is CCOC1CC(O)C12CCN(Cc1cccc(Cl)c1)CC2. The Kier molecular flexibility index (Phi) is 4.55. The number of halogens is 1. The Labute approximate surface area is 131 Å². The molecule has 2 aliphatic rings. The molecule has 116 valence electrons. The quantitative estimate of drug-likeness (QED) is 0.927. The molecule has 3 nitrogen and oxygen atoms in total. The van der Waals surface area contributed by atoms with Crippen molar-refractivity contribution in [3.8, 4) is 0 Å². The summed E-state index contributed by atoms with van der Waals surface area (Å²) < 4.78 is 5.81. The predicted molar refractivity (Wildman–Crippen MR) is 84.4 cm³/mol. The van der Waals surface area contributed by atoms with E-state index in [1.165, 1.54) is 5.56 Å². The van der Waals surface area contributed by atoms with Crippen LogP contribution in [0.1, 0.15) is 31.7 Å². The molecule has 1 heterocycles. The van der Waals surface area contributed by atoms with Gasteiger partial charge in [0.1, 0.15) is 0 Å². The van der Waals surface area contributed by atoms with Crippen LogP contribution in [0.15, 0.2) is 24.3 Å². The lowest BCUT2D eigenvalue weighted by Gasteiger charge is -2.56. The number of aliphatic hydroxyl groups excluding tert-OH is 1. The van der Waals surface area contributed by atoms with Crippen molar-refractivity contribution in [3.63, 3.8) is 0 Å². The van der Waals surface area contributed by atoms with Gasteiger partial charge in [0.05, 0.1) is 12.2 Å². The van der Waals surface area contributed by atoms with Gasteiger partial charge >= 0.3 is 0 Å². The minimum absolute atomic E-state index is 0.0147. The van der Waals surface area contributed by atoms with Crippen LogP contribution in [-0.2, 0) is 11.3 Å². The number of hydrogen-bond acceptors (Lipinski definition) is 3. The summed E-state index contributed by atoms with van der Waals surface area (Å²) in [7, 11) is 0. The van der Waals surface area contributed by atoms with E-state index in [4.69, 9.17) is 16.3 Å². The van der Waals surface area contributed by atoms with E-state index in [1.54, 1.807) is 0 Å². The van der Waals surface area contributed by atoms with Crippen molar-refractivity contribution in [1.29, 1.82) is 0 Å². The molecule has 0 radical (unpaired) electrons. The van der Waals surface area contributed by atoms with Gasteiger partial charge in [-0.15, -0.1) is 0 Å². The van der Waals surface area contributed by atoms with Gasteiger partial charge in [0.25, 0.3) is 0 Å². The first kappa shape index (κ1) is 15.3. The van der Waals surface area contributed by atoms with Crippen LogP contribution in [0.25, 0.3) is 0 Å². The number of aliphatic hydroxyl groups is 1. The van der Waals surface area contributed by atoms with Gasteiger partial charge in [-0.1, -0.05) is 23.7 Å². The second kappa shape index (κ2) is 6.25. The smallest absolute Gasteiger partial charge is 0.0681 e. The second-order valence-corrected chi connectivity index (χ2v) is 6.77. The summed E-state index contributed by atoms with van der Waals surface area (Å²) in [6, 6.07) is 8.07. The van der Waals surface area contributed by atoms with E-state index in [1.807, 2.05) is 25.1 Å². The van der Waals surface area contributed by atoms with Crippen molar-refractivity contribution in [2.24, 2.45) is 5.41 Å². The maximum atomic E-state index is 10.2. The van der Waals surface area contributed by atoms with E-state index in [-0.39, 0.29) is 17.6 Å². The number of ether oxygens (including phenoxy) is 1. The van der Waals surface area contributed by atoms with Crippen molar-refractivity contribution in [1.82, 2.24) is 4.90 Å². The highest BCUT2D eigenvalue weighted by Crippen LogP contribution is 2.51. The molecule has 1 N–H and O–H groups in total. The normalized spacial score (nSPS) is 28.5. The summed E-state index contributed by atoms with van der Waals surface area (Å²) in [6.45, 7) is 5.75. The summed E-state index contributed by atoms with van der Waals surface area (Å²) in [5.41, 5.74) is 1.27. The topological polar surface area (TPSA) is 32.7 Å². The fraction of sp³-hybridized carbons (Fsp3) is 0.647. The fourth-order valence-corrected chi connectivity index (χ4v) is 4.05. The van der Waals surface area contributed by atoms with Crippen molar-refractivity contribution in [3.05, 3.63) is 34.9 Å². The Morgan fingerprint density at radius 3 is 2.76 bits per heavy atom. The number of rotatable bonds is 4. The van der Waals surface area contributed by atoms with Crippen LogP contribution in [0.2, 0.25) is 5.02 Å². The zero-order valence-corrected chi connectivity index (χ0v) is 13.4. The molecule has 1 aliphatic heterocycles. The van der Waals surface area contributed by atoms with Crippen LogP contribution in [0.4, 0.5) is 0 Å². The lowest BCUT2D eigenvalue weighted by atomic mass is 9.58. The molecule has 0 bridgehead atoms. The van der Waals surface area contributed by atoms with E-state index in [9.17, 15) is 5.11 Å². The number of likely N-dealkylation sites (tertiary alicyclic amines) is 1. The molecular formula is C17H24ClNO2. The lowest BCUT2D eigenvalue weighted by Crippen LogP contribution is -2.62. The molecule has 0 amide bonds. The van der Waals surface area contributed by atoms with Gasteiger partial charge in [-0.05, 0) is 50.6 Å². The molecule has 1 saturated heterocycles. The fourth-order valence-electron chi connectivity index (χ4n) is 3.84. The summed E-state index contributed by atoms with van der Waals surface area (Å²) in [5, 5.41) is 11.0. The zero-order valence-electron chi connectivity index (χ0n) is 12.6. The third-order valence-electron chi connectivity index (χ3n) is 5.19.